The van der Waals surface area contributed by atoms with Gasteiger partial charge in [-0.3, -0.25) is 14.8 Å². The van der Waals surface area contributed by atoms with E-state index in [1.807, 2.05) is 42.5 Å². The van der Waals surface area contributed by atoms with Crippen LogP contribution in [0.1, 0.15) is 10.5 Å². The van der Waals surface area contributed by atoms with Gasteiger partial charge in [0, 0.05) is 35.7 Å². The lowest BCUT2D eigenvalue weighted by Crippen LogP contribution is -2.14. The van der Waals surface area contributed by atoms with Gasteiger partial charge in [-0.05, 0) is 24.3 Å². The summed E-state index contributed by atoms with van der Waals surface area (Å²) in [6.07, 6.45) is 7.89. The fraction of sp³-hybridized carbons (Fsp3) is 0. The SMILES string of the molecule is O=C(Nc1cccc2ccc(-c3ccncc3)nc12)c1cnccn1. The lowest BCUT2D eigenvalue weighted by Gasteiger charge is -2.09. The van der Waals surface area contributed by atoms with E-state index in [1.165, 1.54) is 18.6 Å². The molecule has 0 spiro atoms. The van der Waals surface area contributed by atoms with Crippen molar-refractivity contribution in [1.29, 1.82) is 0 Å². The van der Waals surface area contributed by atoms with Crippen molar-refractivity contribution in [3.05, 3.63) is 79.1 Å². The smallest absolute Gasteiger partial charge is 0.275 e. The standard InChI is InChI=1S/C19H13N5O/c25-19(17-12-21-10-11-22-17)24-16-3-1-2-14-4-5-15(23-18(14)16)13-6-8-20-9-7-13/h1-12H,(H,24,25). The molecular weight excluding hydrogens is 314 g/mol. The molecule has 1 N–H and O–H groups in total. The van der Waals surface area contributed by atoms with Gasteiger partial charge in [-0.15, -0.1) is 0 Å². The monoisotopic (exact) mass is 327 g/mol. The Hall–Kier alpha value is -3.67. The number of nitrogens with zero attached hydrogens (tertiary/aromatic N) is 4. The van der Waals surface area contributed by atoms with Crippen LogP contribution in [0, 0.1) is 0 Å². The Morgan fingerprint density at radius 2 is 1.76 bits per heavy atom. The first kappa shape index (κ1) is 14.9. The van der Waals surface area contributed by atoms with Gasteiger partial charge in [-0.2, -0.15) is 0 Å². The lowest BCUT2D eigenvalue weighted by atomic mass is 10.1. The predicted molar refractivity (Wildman–Crippen MR) is 95.0 cm³/mol. The number of aromatic nitrogens is 4. The van der Waals surface area contributed by atoms with Crippen molar-refractivity contribution < 1.29 is 4.79 Å². The topological polar surface area (TPSA) is 80.7 Å². The van der Waals surface area contributed by atoms with Crippen molar-refractivity contribution in [1.82, 2.24) is 19.9 Å². The summed E-state index contributed by atoms with van der Waals surface area (Å²) in [4.78, 5) is 29.0. The second kappa shape index (κ2) is 6.45. The number of anilines is 1. The number of para-hydroxylation sites is 1. The number of pyridine rings is 2. The molecule has 0 saturated carbocycles. The third-order valence-electron chi connectivity index (χ3n) is 3.74. The maximum atomic E-state index is 12.4. The van der Waals surface area contributed by atoms with Crippen LogP contribution in [0.5, 0.6) is 0 Å². The van der Waals surface area contributed by atoms with E-state index in [9.17, 15) is 4.79 Å². The number of nitrogens with one attached hydrogen (secondary N) is 1. The molecule has 0 radical (unpaired) electrons. The minimum atomic E-state index is -0.322. The van der Waals surface area contributed by atoms with Crippen LogP contribution in [-0.2, 0) is 0 Å². The van der Waals surface area contributed by atoms with E-state index < -0.39 is 0 Å². The van der Waals surface area contributed by atoms with E-state index >= 15 is 0 Å². The number of hydrogen-bond acceptors (Lipinski definition) is 5. The van der Waals surface area contributed by atoms with Crippen molar-refractivity contribution in [3.63, 3.8) is 0 Å². The summed E-state index contributed by atoms with van der Waals surface area (Å²) >= 11 is 0. The molecule has 1 amide bonds. The number of carbonyl (C=O) groups is 1. The summed E-state index contributed by atoms with van der Waals surface area (Å²) in [5.41, 5.74) is 3.38. The van der Waals surface area contributed by atoms with Gasteiger partial charge in [-0.1, -0.05) is 18.2 Å². The highest BCUT2D eigenvalue weighted by molar-refractivity contribution is 6.07. The normalized spacial score (nSPS) is 10.6. The number of amides is 1. The largest absolute Gasteiger partial charge is 0.319 e. The first-order valence-electron chi connectivity index (χ1n) is 7.69. The number of benzene rings is 1. The minimum Gasteiger partial charge on any atom is -0.319 e. The lowest BCUT2D eigenvalue weighted by molar-refractivity contribution is 0.102. The summed E-state index contributed by atoms with van der Waals surface area (Å²) in [7, 11) is 0. The molecule has 0 aliphatic rings. The summed E-state index contributed by atoms with van der Waals surface area (Å²) < 4.78 is 0. The molecule has 25 heavy (non-hydrogen) atoms. The minimum absolute atomic E-state index is 0.254. The van der Waals surface area contributed by atoms with Crippen LogP contribution in [0.15, 0.2) is 73.4 Å². The van der Waals surface area contributed by atoms with Gasteiger partial charge in [0.25, 0.3) is 5.91 Å². The van der Waals surface area contributed by atoms with E-state index in [0.29, 0.717) is 11.2 Å². The maximum Gasteiger partial charge on any atom is 0.275 e. The molecule has 0 aliphatic heterocycles. The van der Waals surface area contributed by atoms with Crippen molar-refractivity contribution in [2.75, 3.05) is 5.32 Å². The average Bonchev–Trinajstić information content (AvgIpc) is 2.69. The van der Waals surface area contributed by atoms with Crippen molar-refractivity contribution in [2.24, 2.45) is 0 Å². The molecule has 120 valence electrons. The molecule has 0 aliphatic carbocycles. The van der Waals surface area contributed by atoms with Crippen LogP contribution in [0.2, 0.25) is 0 Å². The second-order valence-corrected chi connectivity index (χ2v) is 5.35. The van der Waals surface area contributed by atoms with E-state index in [2.05, 4.69) is 20.3 Å². The van der Waals surface area contributed by atoms with Crippen LogP contribution in [-0.4, -0.2) is 25.8 Å². The Morgan fingerprint density at radius 1 is 0.880 bits per heavy atom. The average molecular weight is 327 g/mol. The third-order valence-corrected chi connectivity index (χ3v) is 3.74. The van der Waals surface area contributed by atoms with Crippen LogP contribution < -0.4 is 5.32 Å². The Balaban J connectivity index is 1.75. The zero-order valence-electron chi connectivity index (χ0n) is 13.1. The highest BCUT2D eigenvalue weighted by Gasteiger charge is 2.11. The van der Waals surface area contributed by atoms with Crippen LogP contribution in [0.4, 0.5) is 5.69 Å². The molecule has 6 heteroatoms. The van der Waals surface area contributed by atoms with Gasteiger partial charge in [0.15, 0.2) is 0 Å². The molecule has 0 fully saturated rings. The third kappa shape index (κ3) is 3.05. The Morgan fingerprint density at radius 3 is 2.56 bits per heavy atom. The Labute approximate surface area is 143 Å². The molecule has 0 atom stereocenters. The first-order valence-corrected chi connectivity index (χ1v) is 7.69. The fourth-order valence-electron chi connectivity index (χ4n) is 2.53. The van der Waals surface area contributed by atoms with Crippen molar-refractivity contribution in [2.45, 2.75) is 0 Å². The number of carbonyl (C=O) groups excluding carboxylic acids is 1. The summed E-state index contributed by atoms with van der Waals surface area (Å²) in [6.45, 7) is 0. The molecule has 1 aromatic carbocycles. The number of rotatable bonds is 3. The molecule has 3 aromatic heterocycles. The zero-order valence-corrected chi connectivity index (χ0v) is 13.1. The van der Waals surface area contributed by atoms with E-state index in [4.69, 9.17) is 4.98 Å². The molecule has 4 aromatic rings. The number of fused-ring (bicyclic) bond motifs is 1. The predicted octanol–water partition coefficient (Wildman–Crippen LogP) is 3.34. The zero-order chi connectivity index (χ0) is 17.1. The summed E-state index contributed by atoms with van der Waals surface area (Å²) in [6, 6.07) is 13.4. The quantitative estimate of drug-likeness (QED) is 0.624. The fourth-order valence-corrected chi connectivity index (χ4v) is 2.53. The molecule has 3 heterocycles. The molecule has 6 nitrogen and oxygen atoms in total. The van der Waals surface area contributed by atoms with E-state index in [-0.39, 0.29) is 11.6 Å². The Kier molecular flexibility index (Phi) is 3.84. The van der Waals surface area contributed by atoms with E-state index in [1.54, 1.807) is 12.4 Å². The van der Waals surface area contributed by atoms with Crippen molar-refractivity contribution in [3.8, 4) is 11.3 Å². The van der Waals surface area contributed by atoms with Crippen molar-refractivity contribution >= 4 is 22.5 Å². The van der Waals surface area contributed by atoms with Crippen LogP contribution in [0.3, 0.4) is 0 Å². The summed E-state index contributed by atoms with van der Waals surface area (Å²) in [5, 5.41) is 3.80. The molecule has 4 rings (SSSR count). The maximum absolute atomic E-state index is 12.4. The van der Waals surface area contributed by atoms with Gasteiger partial charge < -0.3 is 5.32 Å². The molecule has 0 saturated heterocycles. The first-order chi connectivity index (χ1) is 12.3. The van der Waals surface area contributed by atoms with Gasteiger partial charge in [0.05, 0.1) is 23.1 Å². The van der Waals surface area contributed by atoms with Gasteiger partial charge in [-0.25, -0.2) is 9.97 Å². The van der Waals surface area contributed by atoms with Crippen LogP contribution in [0.25, 0.3) is 22.2 Å². The molecular formula is C19H13N5O. The Bertz CT molecular complexity index is 1040. The highest BCUT2D eigenvalue weighted by atomic mass is 16.1. The second-order valence-electron chi connectivity index (χ2n) is 5.35. The van der Waals surface area contributed by atoms with Gasteiger partial charge >= 0.3 is 0 Å². The summed E-state index contributed by atoms with van der Waals surface area (Å²) in [5.74, 6) is -0.322. The molecule has 0 bridgehead atoms. The number of hydrogen-bond donors (Lipinski definition) is 1. The van der Waals surface area contributed by atoms with Crippen LogP contribution >= 0.6 is 0 Å². The van der Waals surface area contributed by atoms with Gasteiger partial charge in [0.2, 0.25) is 0 Å². The van der Waals surface area contributed by atoms with E-state index in [0.717, 1.165) is 16.6 Å². The molecule has 0 unspecified atom stereocenters. The van der Waals surface area contributed by atoms with Gasteiger partial charge in [0.1, 0.15) is 5.69 Å². The highest BCUT2D eigenvalue weighted by Crippen LogP contribution is 2.25.